The van der Waals surface area contributed by atoms with Gasteiger partial charge < -0.3 is 24.6 Å². The number of nitrogens with one attached hydrogen (secondary N) is 1. The molecule has 2 aliphatic heterocycles. The number of nitriles is 1. The van der Waals surface area contributed by atoms with E-state index in [0.29, 0.717) is 88.0 Å². The van der Waals surface area contributed by atoms with Crippen LogP contribution in [0.1, 0.15) is 94.1 Å². The summed E-state index contributed by atoms with van der Waals surface area (Å²) < 4.78 is 13.6. The second-order valence-corrected chi connectivity index (χ2v) is 17.8. The van der Waals surface area contributed by atoms with Gasteiger partial charge in [0.1, 0.15) is 23.2 Å². The van der Waals surface area contributed by atoms with Crippen molar-refractivity contribution in [2.45, 2.75) is 99.6 Å². The van der Waals surface area contributed by atoms with Gasteiger partial charge in [0, 0.05) is 63.1 Å². The Morgan fingerprint density at radius 3 is 2.36 bits per heavy atom. The summed E-state index contributed by atoms with van der Waals surface area (Å²) >= 11 is 0. The van der Waals surface area contributed by atoms with Crippen LogP contribution in [0.5, 0.6) is 5.75 Å². The van der Waals surface area contributed by atoms with Crippen LogP contribution >= 0.6 is 0 Å². The average Bonchev–Trinajstić information content (AvgIpc) is 3.48. The third-order valence-electron chi connectivity index (χ3n) is 10.3. The summed E-state index contributed by atoms with van der Waals surface area (Å²) in [5, 5.41) is 17.4. The molecule has 12 heteroatoms. The minimum absolute atomic E-state index is 0.0328. The number of piperazine rings is 1. The van der Waals surface area contributed by atoms with E-state index < -0.39 is 16.6 Å². The summed E-state index contributed by atoms with van der Waals surface area (Å²) in [5.74, 6) is 1.96. The van der Waals surface area contributed by atoms with Crippen LogP contribution in [-0.2, 0) is 9.53 Å². The molecule has 3 aromatic heterocycles. The fraction of sp³-hybridized carbons (Fsp3) is 0.634. The van der Waals surface area contributed by atoms with Crippen molar-refractivity contribution in [1.29, 1.82) is 5.26 Å². The van der Waals surface area contributed by atoms with E-state index in [1.54, 1.807) is 16.9 Å². The Hall–Kier alpha value is -4.37. The summed E-state index contributed by atoms with van der Waals surface area (Å²) in [6.45, 7) is 25.8. The Kier molecular flexibility index (Phi) is 11.7. The molecule has 2 aliphatic rings. The van der Waals surface area contributed by atoms with E-state index in [1.165, 1.54) is 0 Å². The molecular formula is C41H60N8O4. The van der Waals surface area contributed by atoms with Crippen molar-refractivity contribution >= 4 is 23.3 Å². The highest BCUT2D eigenvalue weighted by molar-refractivity contribution is 5.85. The first-order chi connectivity index (χ1) is 24.8. The van der Waals surface area contributed by atoms with Crippen molar-refractivity contribution in [3.05, 3.63) is 42.4 Å². The average molecular weight is 729 g/mol. The van der Waals surface area contributed by atoms with Crippen molar-refractivity contribution in [3.8, 4) is 22.9 Å². The van der Waals surface area contributed by atoms with Gasteiger partial charge in [-0.25, -0.2) is 14.3 Å². The lowest BCUT2D eigenvalue weighted by Crippen LogP contribution is -2.64. The Morgan fingerprint density at radius 1 is 1.06 bits per heavy atom. The van der Waals surface area contributed by atoms with Gasteiger partial charge >= 0.3 is 6.09 Å². The minimum atomic E-state index is -0.577. The summed E-state index contributed by atoms with van der Waals surface area (Å²) in [5.41, 5.74) is 1.31. The number of pyridine rings is 2. The second-order valence-electron chi connectivity index (χ2n) is 17.8. The summed E-state index contributed by atoms with van der Waals surface area (Å²) in [4.78, 5) is 38.9. The van der Waals surface area contributed by atoms with Gasteiger partial charge in [0.15, 0.2) is 0 Å². The lowest BCUT2D eigenvalue weighted by molar-refractivity contribution is -0.135. The fourth-order valence-electron chi connectivity index (χ4n) is 8.24. The summed E-state index contributed by atoms with van der Waals surface area (Å²) in [7, 11) is 0. The molecule has 288 valence electrons. The first-order valence-electron chi connectivity index (χ1n) is 19.1. The Bertz CT molecular complexity index is 1790. The van der Waals surface area contributed by atoms with Crippen LogP contribution in [0, 0.1) is 28.1 Å². The third-order valence-corrected chi connectivity index (χ3v) is 10.3. The van der Waals surface area contributed by atoms with E-state index in [-0.39, 0.29) is 17.4 Å². The predicted octanol–water partition coefficient (Wildman–Crippen LogP) is 6.77. The third kappa shape index (κ3) is 9.42. The molecule has 2 amide bonds. The van der Waals surface area contributed by atoms with Crippen LogP contribution in [0.25, 0.3) is 16.6 Å². The van der Waals surface area contributed by atoms with Gasteiger partial charge in [0.2, 0.25) is 5.91 Å². The number of carbonyl (C=O) groups excluding carboxylic acids is 2. The van der Waals surface area contributed by atoms with E-state index in [4.69, 9.17) is 14.5 Å². The molecule has 0 spiro atoms. The van der Waals surface area contributed by atoms with E-state index >= 15 is 0 Å². The number of aromatic nitrogens is 3. The number of rotatable bonds is 11. The molecular weight excluding hydrogens is 669 g/mol. The topological polar surface area (TPSA) is 128 Å². The Morgan fingerprint density at radius 2 is 1.77 bits per heavy atom. The van der Waals surface area contributed by atoms with Crippen molar-refractivity contribution in [2.75, 3.05) is 57.3 Å². The number of hydrogen-bond acceptors (Lipinski definition) is 9. The molecule has 0 bridgehead atoms. The predicted molar refractivity (Wildman–Crippen MR) is 208 cm³/mol. The summed E-state index contributed by atoms with van der Waals surface area (Å²) in [6, 6.07) is 8.22. The number of amides is 2. The van der Waals surface area contributed by atoms with E-state index in [2.05, 4.69) is 74.8 Å². The van der Waals surface area contributed by atoms with Gasteiger partial charge in [0.25, 0.3) is 0 Å². The number of anilines is 1. The molecule has 0 aromatic carbocycles. The molecule has 0 unspecified atom stereocenters. The van der Waals surface area contributed by atoms with E-state index in [9.17, 15) is 14.9 Å². The van der Waals surface area contributed by atoms with Crippen molar-refractivity contribution in [3.63, 3.8) is 0 Å². The molecule has 0 aliphatic carbocycles. The second kappa shape index (κ2) is 15.5. The number of piperidine rings is 1. The monoisotopic (exact) mass is 728 g/mol. The molecule has 5 heterocycles. The van der Waals surface area contributed by atoms with Crippen LogP contribution in [0.3, 0.4) is 0 Å². The van der Waals surface area contributed by atoms with E-state index in [0.717, 1.165) is 23.4 Å². The van der Waals surface area contributed by atoms with Crippen LogP contribution < -0.4 is 15.0 Å². The molecule has 0 atom stereocenters. The maximum Gasteiger partial charge on any atom is 0.410 e. The SMILES string of the molecule is CCOc1cc(-c2ccc(N3CCC(CN4CCN(C(=O)OC(C)(C)CC(C)(C)C)C(C)(C)C4)(C(=O)NCC(C)C)CC3)nc2)c2c(C#N)cnn2c1. The van der Waals surface area contributed by atoms with Crippen LogP contribution in [-0.4, -0.2) is 100.0 Å². The van der Waals surface area contributed by atoms with Crippen molar-refractivity contribution < 1.29 is 19.1 Å². The van der Waals surface area contributed by atoms with Crippen LogP contribution in [0.15, 0.2) is 36.8 Å². The fourth-order valence-corrected chi connectivity index (χ4v) is 8.24. The zero-order valence-electron chi connectivity index (χ0n) is 33.6. The first-order valence-corrected chi connectivity index (χ1v) is 19.1. The van der Waals surface area contributed by atoms with Gasteiger partial charge in [-0.1, -0.05) is 34.6 Å². The molecule has 3 aromatic rings. The molecule has 0 saturated carbocycles. The van der Waals surface area contributed by atoms with Gasteiger partial charge in [-0.05, 0) is 83.4 Å². The number of nitrogens with zero attached hydrogens (tertiary/aromatic N) is 7. The number of ether oxygens (including phenoxy) is 2. The highest BCUT2D eigenvalue weighted by Gasteiger charge is 2.46. The molecule has 5 rings (SSSR count). The van der Waals surface area contributed by atoms with Gasteiger partial charge in [0.05, 0.1) is 41.0 Å². The highest BCUT2D eigenvalue weighted by Crippen LogP contribution is 2.38. The molecule has 1 N–H and O–H groups in total. The first kappa shape index (κ1) is 39.8. The van der Waals surface area contributed by atoms with Crippen molar-refractivity contribution in [2.24, 2.45) is 16.7 Å². The Balaban J connectivity index is 1.30. The standard InChI is InChI=1S/C41H60N8O4/c1-11-52-32-20-33(35-31(21-42)24-45-49(35)25-32)30-12-13-34(43-23-30)47-16-14-41(15-17-47,36(50)44-22-29(2)3)28-46-18-19-48(39(7,8)27-46)37(51)53-40(9,10)26-38(4,5)6/h12-13,20,23-25,29H,11,14-19,22,26-28H2,1-10H3,(H,44,50). The maximum absolute atomic E-state index is 14.1. The van der Waals surface area contributed by atoms with Gasteiger partial charge in [-0.3, -0.25) is 9.69 Å². The van der Waals surface area contributed by atoms with Crippen LogP contribution in [0.2, 0.25) is 0 Å². The highest BCUT2D eigenvalue weighted by atomic mass is 16.6. The van der Waals surface area contributed by atoms with Gasteiger partial charge in [-0.15, -0.1) is 0 Å². The number of hydrogen-bond donors (Lipinski definition) is 1. The molecule has 12 nitrogen and oxygen atoms in total. The maximum atomic E-state index is 14.1. The molecule has 2 fully saturated rings. The minimum Gasteiger partial charge on any atom is -0.492 e. The lowest BCUT2D eigenvalue weighted by Gasteiger charge is -2.50. The zero-order valence-corrected chi connectivity index (χ0v) is 33.6. The number of carbonyl (C=O) groups is 2. The number of fused-ring (bicyclic) bond motifs is 1. The molecule has 2 saturated heterocycles. The molecule has 53 heavy (non-hydrogen) atoms. The normalized spacial score (nSPS) is 17.8. The van der Waals surface area contributed by atoms with E-state index in [1.807, 2.05) is 50.1 Å². The van der Waals surface area contributed by atoms with Crippen molar-refractivity contribution in [1.82, 2.24) is 29.7 Å². The van der Waals surface area contributed by atoms with Gasteiger partial charge in [-0.2, -0.15) is 10.4 Å². The Labute approximate surface area is 315 Å². The summed E-state index contributed by atoms with van der Waals surface area (Å²) in [6.07, 6.45) is 7.04. The largest absolute Gasteiger partial charge is 0.492 e. The quantitative estimate of drug-likeness (QED) is 0.228. The molecule has 0 radical (unpaired) electrons. The zero-order chi connectivity index (χ0) is 38.8. The lowest BCUT2D eigenvalue weighted by atomic mass is 9.76. The smallest absolute Gasteiger partial charge is 0.410 e. The van der Waals surface area contributed by atoms with Crippen LogP contribution in [0.4, 0.5) is 10.6 Å².